The lowest BCUT2D eigenvalue weighted by molar-refractivity contribution is -0.147. The van der Waals surface area contributed by atoms with Gasteiger partial charge in [0.1, 0.15) is 0 Å². The molecule has 0 amide bonds. The first-order valence-electron chi connectivity index (χ1n) is 6.75. The lowest BCUT2D eigenvalue weighted by atomic mass is 10.1. The van der Waals surface area contributed by atoms with Gasteiger partial charge >= 0.3 is 5.97 Å². The molecule has 0 aliphatic heterocycles. The van der Waals surface area contributed by atoms with Gasteiger partial charge in [0, 0.05) is 6.42 Å². The van der Waals surface area contributed by atoms with Crippen molar-refractivity contribution in [2.75, 3.05) is 0 Å². The maximum Gasteiger partial charge on any atom is 0.312 e. The van der Waals surface area contributed by atoms with Gasteiger partial charge in [-0.2, -0.15) is 0 Å². The van der Waals surface area contributed by atoms with Crippen molar-refractivity contribution in [2.24, 2.45) is 17.3 Å². The normalized spacial score (nSPS) is 23.4. The second-order valence-electron chi connectivity index (χ2n) is 5.87. The van der Waals surface area contributed by atoms with E-state index in [2.05, 4.69) is 44.3 Å². The zero-order chi connectivity index (χ0) is 15.3. The van der Waals surface area contributed by atoms with Gasteiger partial charge in [0.25, 0.3) is 0 Å². The van der Waals surface area contributed by atoms with Crippen LogP contribution in [-0.2, 0) is 9.53 Å². The summed E-state index contributed by atoms with van der Waals surface area (Å²) in [5.74, 6) is 7.79. The van der Waals surface area contributed by atoms with Crippen LogP contribution in [0.2, 0.25) is 0 Å². The van der Waals surface area contributed by atoms with Gasteiger partial charge in [-0.05, 0) is 37.0 Å². The summed E-state index contributed by atoms with van der Waals surface area (Å²) in [5, 5.41) is 0. The van der Waals surface area contributed by atoms with Crippen LogP contribution < -0.4 is 0 Å². The number of terminal acetylenes is 1. The number of hydrogen-bond donors (Lipinski definition) is 0. The summed E-state index contributed by atoms with van der Waals surface area (Å²) in [6.45, 7) is 11.8. The number of carbonyl (C=O) groups is 1. The van der Waals surface area contributed by atoms with Gasteiger partial charge in [0.15, 0.2) is 0 Å². The van der Waals surface area contributed by atoms with E-state index in [4.69, 9.17) is 11.2 Å². The molecule has 106 valence electrons. The quantitative estimate of drug-likeness (QED) is 0.445. The Labute approximate surface area is 122 Å². The molecule has 0 spiro atoms. The lowest BCUT2D eigenvalue weighted by Crippen LogP contribution is -2.18. The third-order valence-corrected chi connectivity index (χ3v) is 3.54. The SMILES string of the molecule is C#CC(C#CCC=C)OC(=O)C1C(C=C(C)C)C1(C)C. The van der Waals surface area contributed by atoms with E-state index in [1.54, 1.807) is 6.08 Å². The van der Waals surface area contributed by atoms with Crippen molar-refractivity contribution < 1.29 is 9.53 Å². The first-order valence-corrected chi connectivity index (χ1v) is 6.75. The average molecular weight is 270 g/mol. The molecule has 0 saturated heterocycles. The van der Waals surface area contributed by atoms with Crippen molar-refractivity contribution in [3.8, 4) is 24.2 Å². The van der Waals surface area contributed by atoms with Crippen LogP contribution in [0.1, 0.15) is 34.1 Å². The summed E-state index contributed by atoms with van der Waals surface area (Å²) in [4.78, 5) is 12.2. The van der Waals surface area contributed by atoms with Crippen LogP contribution in [0.3, 0.4) is 0 Å². The molecule has 2 nitrogen and oxygen atoms in total. The molecule has 0 heterocycles. The van der Waals surface area contributed by atoms with Crippen LogP contribution in [0.5, 0.6) is 0 Å². The number of allylic oxidation sites excluding steroid dienone is 3. The lowest BCUT2D eigenvalue weighted by Gasteiger charge is -2.07. The van der Waals surface area contributed by atoms with Crippen LogP contribution in [-0.4, -0.2) is 12.1 Å². The van der Waals surface area contributed by atoms with Crippen molar-refractivity contribution in [1.29, 1.82) is 0 Å². The van der Waals surface area contributed by atoms with E-state index < -0.39 is 6.10 Å². The molecule has 3 atom stereocenters. The molecule has 1 saturated carbocycles. The topological polar surface area (TPSA) is 26.3 Å². The molecule has 0 aromatic rings. The second-order valence-corrected chi connectivity index (χ2v) is 5.87. The van der Waals surface area contributed by atoms with Crippen molar-refractivity contribution in [1.82, 2.24) is 0 Å². The fourth-order valence-electron chi connectivity index (χ4n) is 2.32. The van der Waals surface area contributed by atoms with Gasteiger partial charge in [-0.1, -0.05) is 37.5 Å². The van der Waals surface area contributed by atoms with Crippen molar-refractivity contribution in [3.05, 3.63) is 24.3 Å². The Kier molecular flexibility index (Phi) is 5.23. The van der Waals surface area contributed by atoms with E-state index in [1.165, 1.54) is 5.57 Å². The number of hydrogen-bond acceptors (Lipinski definition) is 2. The molecular weight excluding hydrogens is 248 g/mol. The highest BCUT2D eigenvalue weighted by atomic mass is 16.5. The van der Waals surface area contributed by atoms with E-state index in [1.807, 2.05) is 13.8 Å². The zero-order valence-electron chi connectivity index (χ0n) is 12.7. The fourth-order valence-corrected chi connectivity index (χ4v) is 2.32. The summed E-state index contributed by atoms with van der Waals surface area (Å²) in [7, 11) is 0. The molecule has 1 fully saturated rings. The van der Waals surface area contributed by atoms with Gasteiger partial charge in [-0.25, -0.2) is 0 Å². The van der Waals surface area contributed by atoms with E-state index in [9.17, 15) is 4.79 Å². The largest absolute Gasteiger partial charge is 0.437 e. The first kappa shape index (κ1) is 16.1. The molecule has 1 aliphatic carbocycles. The number of carbonyl (C=O) groups excluding carboxylic acids is 1. The van der Waals surface area contributed by atoms with Crippen LogP contribution in [0.4, 0.5) is 0 Å². The maximum atomic E-state index is 12.2. The van der Waals surface area contributed by atoms with Crippen molar-refractivity contribution in [3.63, 3.8) is 0 Å². The van der Waals surface area contributed by atoms with Gasteiger partial charge in [-0.15, -0.1) is 13.0 Å². The fraction of sp³-hybridized carbons (Fsp3) is 0.500. The standard InChI is InChI=1S/C18H22O2/c1-7-9-10-11-14(8-2)20-17(19)16-15(12-13(3)4)18(16,5)6/h2,7,12,14-16H,1,9H2,3-6H3. The molecule has 0 bridgehead atoms. The molecule has 1 aliphatic rings. The highest BCUT2D eigenvalue weighted by molar-refractivity contribution is 5.79. The van der Waals surface area contributed by atoms with E-state index in [0.717, 1.165) is 0 Å². The zero-order valence-corrected chi connectivity index (χ0v) is 12.7. The van der Waals surface area contributed by atoms with E-state index in [0.29, 0.717) is 6.42 Å². The van der Waals surface area contributed by atoms with Gasteiger partial charge in [0.05, 0.1) is 5.92 Å². The average Bonchev–Trinajstić information content (AvgIpc) is 2.88. The molecule has 20 heavy (non-hydrogen) atoms. The Morgan fingerprint density at radius 1 is 1.50 bits per heavy atom. The van der Waals surface area contributed by atoms with Gasteiger partial charge in [0.2, 0.25) is 6.10 Å². The Bertz CT molecular complexity index is 516. The van der Waals surface area contributed by atoms with Crippen LogP contribution in [0.25, 0.3) is 0 Å². The monoisotopic (exact) mass is 270 g/mol. The van der Waals surface area contributed by atoms with Crippen LogP contribution in [0.15, 0.2) is 24.3 Å². The van der Waals surface area contributed by atoms with E-state index in [-0.39, 0.29) is 23.2 Å². The number of esters is 1. The first-order chi connectivity index (χ1) is 9.34. The molecule has 0 aromatic heterocycles. The Hall–Kier alpha value is -1.93. The third kappa shape index (κ3) is 3.78. The summed E-state index contributed by atoms with van der Waals surface area (Å²) < 4.78 is 5.31. The molecule has 3 unspecified atom stereocenters. The second kappa shape index (κ2) is 6.49. The molecule has 0 radical (unpaired) electrons. The number of ether oxygens (including phenoxy) is 1. The summed E-state index contributed by atoms with van der Waals surface area (Å²) in [6.07, 6.45) is 8.90. The highest BCUT2D eigenvalue weighted by Gasteiger charge is 2.61. The Morgan fingerprint density at radius 2 is 2.15 bits per heavy atom. The van der Waals surface area contributed by atoms with Crippen molar-refractivity contribution in [2.45, 2.75) is 40.2 Å². The summed E-state index contributed by atoms with van der Waals surface area (Å²) >= 11 is 0. The smallest absolute Gasteiger partial charge is 0.312 e. The number of rotatable bonds is 4. The highest BCUT2D eigenvalue weighted by Crippen LogP contribution is 2.59. The predicted octanol–water partition coefficient (Wildman–Crippen LogP) is 3.35. The third-order valence-electron chi connectivity index (χ3n) is 3.54. The van der Waals surface area contributed by atoms with Crippen molar-refractivity contribution >= 4 is 5.97 Å². The molecule has 1 rings (SSSR count). The minimum Gasteiger partial charge on any atom is -0.437 e. The minimum absolute atomic E-state index is 0.0674. The van der Waals surface area contributed by atoms with Crippen LogP contribution >= 0.6 is 0 Å². The molecular formula is C18H22O2. The molecule has 0 aromatic carbocycles. The molecule has 2 heteroatoms. The molecule has 0 N–H and O–H groups in total. The minimum atomic E-state index is -0.772. The van der Waals surface area contributed by atoms with Gasteiger partial charge < -0.3 is 4.74 Å². The Balaban J connectivity index is 2.69. The van der Waals surface area contributed by atoms with Gasteiger partial charge in [-0.3, -0.25) is 4.79 Å². The van der Waals surface area contributed by atoms with E-state index >= 15 is 0 Å². The summed E-state index contributed by atoms with van der Waals surface area (Å²) in [5.41, 5.74) is 1.14. The maximum absolute atomic E-state index is 12.2. The van der Waals surface area contributed by atoms with Crippen LogP contribution in [0, 0.1) is 41.4 Å². The predicted molar refractivity (Wildman–Crippen MR) is 81.5 cm³/mol. The Morgan fingerprint density at radius 3 is 2.65 bits per heavy atom. The summed E-state index contributed by atoms with van der Waals surface area (Å²) in [6, 6.07) is 0.